The lowest BCUT2D eigenvalue weighted by molar-refractivity contribution is -0.232. The molecule has 0 bridgehead atoms. The van der Waals surface area contributed by atoms with Gasteiger partial charge in [-0.2, -0.15) is 5.06 Å². The summed E-state index contributed by atoms with van der Waals surface area (Å²) in [7, 11) is -1.91. The smallest absolute Gasteiger partial charge is 0.323 e. The van der Waals surface area contributed by atoms with Gasteiger partial charge in [-0.1, -0.05) is 40.7 Å². The van der Waals surface area contributed by atoms with E-state index in [2.05, 4.69) is 61.2 Å². The number of hydroxylamine groups is 2. The zero-order valence-electron chi connectivity index (χ0n) is 21.5. The van der Waals surface area contributed by atoms with Crippen molar-refractivity contribution in [1.29, 1.82) is 0 Å². The van der Waals surface area contributed by atoms with Crippen LogP contribution in [-0.2, 0) is 18.8 Å². The number of hydrogen-bond donors (Lipinski definition) is 0. The van der Waals surface area contributed by atoms with Crippen LogP contribution in [0.5, 0.6) is 0 Å². The van der Waals surface area contributed by atoms with Crippen LogP contribution in [0, 0.1) is 5.92 Å². The molecule has 0 aliphatic carbocycles. The highest BCUT2D eigenvalue weighted by molar-refractivity contribution is 6.74. The molecule has 1 aliphatic rings. The minimum atomic E-state index is -1.91. The van der Waals surface area contributed by atoms with E-state index < -0.39 is 19.5 Å². The van der Waals surface area contributed by atoms with Crippen molar-refractivity contribution in [2.45, 2.75) is 116 Å². The monoisotopic (exact) mass is 441 g/mol. The van der Waals surface area contributed by atoms with E-state index in [-0.39, 0.29) is 23.1 Å². The summed E-state index contributed by atoms with van der Waals surface area (Å²) in [6.45, 7) is 28.0. The molecule has 2 atom stereocenters. The number of ether oxygens (including phenoxy) is 1. The van der Waals surface area contributed by atoms with Crippen molar-refractivity contribution in [1.82, 2.24) is 5.06 Å². The van der Waals surface area contributed by atoms with Gasteiger partial charge in [-0.25, -0.2) is 0 Å². The quantitative estimate of drug-likeness (QED) is 0.245. The summed E-state index contributed by atoms with van der Waals surface area (Å²) < 4.78 is 12.1. The topological polar surface area (TPSA) is 48.0 Å². The molecule has 0 saturated carbocycles. The van der Waals surface area contributed by atoms with Gasteiger partial charge in [0.2, 0.25) is 0 Å². The summed E-state index contributed by atoms with van der Waals surface area (Å²) in [6.07, 6.45) is 4.40. The summed E-state index contributed by atoms with van der Waals surface area (Å²) in [5.74, 6) is 0.188. The van der Waals surface area contributed by atoms with Crippen molar-refractivity contribution < 1.29 is 18.8 Å². The van der Waals surface area contributed by atoms with Gasteiger partial charge in [0.05, 0.1) is 12.1 Å². The fraction of sp³-hybridized carbons (Fsp3) is 0.875. The molecule has 1 fully saturated rings. The van der Waals surface area contributed by atoms with E-state index in [0.29, 0.717) is 12.5 Å². The maximum absolute atomic E-state index is 12.7. The molecular weight excluding hydrogens is 394 g/mol. The number of rotatable bonds is 9. The Bertz CT molecular complexity index is 605. The first-order chi connectivity index (χ1) is 13.3. The summed E-state index contributed by atoms with van der Waals surface area (Å²) >= 11 is 0. The minimum absolute atomic E-state index is 0.105. The normalized spacial score (nSPS) is 26.3. The number of carbonyl (C=O) groups is 1. The molecule has 6 heteroatoms. The standard InChI is InChI=1S/C24H47NO4Si/c1-13-14-24(15-19(2)3)17-23(10,18-27-30(11,12)22(7,8)9)29-25(24)16-20(26)28-21(4,5)6/h13,19H,1,14-18H2,2-12H3/t23-,24-/m1/s1. The summed E-state index contributed by atoms with van der Waals surface area (Å²) in [4.78, 5) is 19.2. The van der Waals surface area contributed by atoms with Crippen LogP contribution in [0.2, 0.25) is 18.1 Å². The molecule has 0 aromatic carbocycles. The van der Waals surface area contributed by atoms with E-state index in [0.717, 1.165) is 19.3 Å². The fourth-order valence-corrected chi connectivity index (χ4v) is 5.06. The van der Waals surface area contributed by atoms with Crippen molar-refractivity contribution >= 4 is 14.3 Å². The molecule has 0 amide bonds. The predicted molar refractivity (Wildman–Crippen MR) is 127 cm³/mol. The van der Waals surface area contributed by atoms with Crippen molar-refractivity contribution in [3.05, 3.63) is 12.7 Å². The molecule has 0 aromatic rings. The van der Waals surface area contributed by atoms with Crippen LogP contribution >= 0.6 is 0 Å². The molecule has 0 radical (unpaired) electrons. The SMILES string of the molecule is C=CC[C@@]1(CC(C)C)C[C@](C)(CO[Si](C)(C)C(C)(C)C)ON1CC(=O)OC(C)(C)C. The Morgan fingerprint density at radius 3 is 2.23 bits per heavy atom. The average Bonchev–Trinajstić information content (AvgIpc) is 2.74. The first-order valence-electron chi connectivity index (χ1n) is 11.3. The van der Waals surface area contributed by atoms with E-state index in [4.69, 9.17) is 14.0 Å². The molecular formula is C24H47NO4Si. The molecule has 1 heterocycles. The Balaban J connectivity index is 3.13. The number of carbonyl (C=O) groups excluding carboxylic acids is 1. The Kier molecular flexibility index (Phi) is 8.60. The zero-order valence-corrected chi connectivity index (χ0v) is 22.5. The molecule has 176 valence electrons. The van der Waals surface area contributed by atoms with E-state index in [1.54, 1.807) is 0 Å². The lowest BCUT2D eigenvalue weighted by Gasteiger charge is -2.38. The molecule has 0 N–H and O–H groups in total. The second-order valence-corrected chi connectivity index (χ2v) is 17.0. The summed E-state index contributed by atoms with van der Waals surface area (Å²) in [5, 5.41) is 2.01. The van der Waals surface area contributed by atoms with E-state index >= 15 is 0 Å². The van der Waals surface area contributed by atoms with Crippen LogP contribution in [-0.4, -0.2) is 49.2 Å². The van der Waals surface area contributed by atoms with Gasteiger partial charge in [-0.15, -0.1) is 6.58 Å². The van der Waals surface area contributed by atoms with Gasteiger partial charge in [-0.05, 0) is 64.6 Å². The fourth-order valence-electron chi connectivity index (χ4n) is 3.96. The molecule has 1 rings (SSSR count). The molecule has 1 saturated heterocycles. The van der Waals surface area contributed by atoms with Crippen molar-refractivity contribution in [2.75, 3.05) is 13.2 Å². The van der Waals surface area contributed by atoms with Crippen LogP contribution in [0.1, 0.15) is 81.6 Å². The number of hydrogen-bond acceptors (Lipinski definition) is 5. The maximum atomic E-state index is 12.7. The third-order valence-corrected chi connectivity index (χ3v) is 10.6. The molecule has 0 unspecified atom stereocenters. The van der Waals surface area contributed by atoms with Crippen LogP contribution < -0.4 is 0 Å². The van der Waals surface area contributed by atoms with E-state index in [9.17, 15) is 4.79 Å². The maximum Gasteiger partial charge on any atom is 0.323 e. The number of esters is 1. The van der Waals surface area contributed by atoms with Crippen molar-refractivity contribution in [3.63, 3.8) is 0 Å². The Labute approximate surface area is 186 Å². The van der Waals surface area contributed by atoms with Crippen LogP contribution in [0.25, 0.3) is 0 Å². The summed E-state index contributed by atoms with van der Waals surface area (Å²) in [5.41, 5.74) is -1.31. The average molecular weight is 442 g/mol. The van der Waals surface area contributed by atoms with Gasteiger partial charge >= 0.3 is 5.97 Å². The molecule has 0 spiro atoms. The Morgan fingerprint density at radius 1 is 1.23 bits per heavy atom. The first-order valence-corrected chi connectivity index (χ1v) is 14.2. The second kappa shape index (κ2) is 9.43. The van der Waals surface area contributed by atoms with Crippen LogP contribution in [0.3, 0.4) is 0 Å². The molecule has 30 heavy (non-hydrogen) atoms. The first kappa shape index (κ1) is 27.3. The van der Waals surface area contributed by atoms with Crippen molar-refractivity contribution in [3.8, 4) is 0 Å². The number of nitrogens with zero attached hydrogens (tertiary/aromatic N) is 1. The van der Waals surface area contributed by atoms with E-state index in [1.807, 2.05) is 31.9 Å². The largest absolute Gasteiger partial charge is 0.459 e. The molecule has 5 nitrogen and oxygen atoms in total. The van der Waals surface area contributed by atoms with Gasteiger partial charge < -0.3 is 9.16 Å². The van der Waals surface area contributed by atoms with Crippen LogP contribution in [0.15, 0.2) is 12.7 Å². The van der Waals surface area contributed by atoms with E-state index in [1.165, 1.54) is 0 Å². The summed E-state index contributed by atoms with van der Waals surface area (Å²) in [6, 6.07) is 0. The Morgan fingerprint density at radius 2 is 1.80 bits per heavy atom. The highest BCUT2D eigenvalue weighted by Gasteiger charge is 2.54. The van der Waals surface area contributed by atoms with Gasteiger partial charge in [0.25, 0.3) is 0 Å². The zero-order chi connectivity index (χ0) is 23.6. The van der Waals surface area contributed by atoms with Gasteiger partial charge in [-0.3, -0.25) is 9.63 Å². The third kappa shape index (κ3) is 7.47. The predicted octanol–water partition coefficient (Wildman–Crippen LogP) is 6.11. The molecule has 1 aliphatic heterocycles. The Hall–Kier alpha value is -0.693. The van der Waals surface area contributed by atoms with Gasteiger partial charge in [0, 0.05) is 6.42 Å². The van der Waals surface area contributed by atoms with Crippen LogP contribution in [0.4, 0.5) is 0 Å². The highest BCUT2D eigenvalue weighted by Crippen LogP contribution is 2.46. The second-order valence-electron chi connectivity index (χ2n) is 12.2. The lowest BCUT2D eigenvalue weighted by atomic mass is 9.78. The van der Waals surface area contributed by atoms with Gasteiger partial charge in [0.1, 0.15) is 17.7 Å². The lowest BCUT2D eigenvalue weighted by Crippen LogP contribution is -2.47. The molecule has 0 aromatic heterocycles. The highest BCUT2D eigenvalue weighted by atomic mass is 28.4. The van der Waals surface area contributed by atoms with Gasteiger partial charge in [0.15, 0.2) is 8.32 Å². The van der Waals surface area contributed by atoms with Crippen molar-refractivity contribution in [2.24, 2.45) is 5.92 Å². The third-order valence-electron chi connectivity index (χ3n) is 6.11. The minimum Gasteiger partial charge on any atom is -0.459 e.